The summed E-state index contributed by atoms with van der Waals surface area (Å²) in [6.07, 6.45) is 1.38. The van der Waals surface area contributed by atoms with Crippen LogP contribution in [0.25, 0.3) is 0 Å². The van der Waals surface area contributed by atoms with E-state index in [-0.39, 0.29) is 42.2 Å². The lowest BCUT2D eigenvalue weighted by Crippen LogP contribution is -2.25. The molecule has 1 fully saturated rings. The average molecular weight is 449 g/mol. The number of aromatic hydroxyl groups is 1. The van der Waals surface area contributed by atoms with E-state index in [4.69, 9.17) is 4.74 Å². The third-order valence-electron chi connectivity index (χ3n) is 5.34. The molecule has 0 saturated carbocycles. The predicted octanol–water partition coefficient (Wildman–Crippen LogP) is 3.89. The molecule has 33 heavy (non-hydrogen) atoms. The highest BCUT2D eigenvalue weighted by atomic mass is 19.1. The second-order valence-corrected chi connectivity index (χ2v) is 7.81. The van der Waals surface area contributed by atoms with Gasteiger partial charge in [0.2, 0.25) is 5.91 Å². The van der Waals surface area contributed by atoms with Crippen molar-refractivity contribution < 1.29 is 23.8 Å². The minimum atomic E-state index is -0.616. The number of amides is 2. The molecular formula is C25H24FN3O4. The maximum atomic E-state index is 13.1. The number of nitrogens with zero attached hydrogens (tertiary/aromatic N) is 1. The summed E-state index contributed by atoms with van der Waals surface area (Å²) in [5.74, 6) is -1.74. The molecule has 4 rings (SSSR count). The monoisotopic (exact) mass is 449 g/mol. The molecule has 2 aromatic carbocycles. The van der Waals surface area contributed by atoms with Crippen molar-refractivity contribution in [2.45, 2.75) is 31.9 Å². The van der Waals surface area contributed by atoms with Gasteiger partial charge in [-0.25, -0.2) is 9.37 Å². The minimum absolute atomic E-state index is 0.100. The molecule has 1 aliphatic rings. The Morgan fingerprint density at radius 2 is 1.85 bits per heavy atom. The van der Waals surface area contributed by atoms with E-state index in [0.29, 0.717) is 17.9 Å². The van der Waals surface area contributed by atoms with Gasteiger partial charge in [-0.2, -0.15) is 0 Å². The molecule has 0 bridgehead atoms. The van der Waals surface area contributed by atoms with Crippen molar-refractivity contribution in [1.29, 1.82) is 0 Å². The molecule has 1 aromatic heterocycles. The minimum Gasteiger partial charge on any atom is -0.504 e. The highest BCUT2D eigenvalue weighted by Crippen LogP contribution is 2.34. The third kappa shape index (κ3) is 5.72. The number of rotatable bonds is 7. The van der Waals surface area contributed by atoms with Gasteiger partial charge in [-0.1, -0.05) is 42.5 Å². The zero-order valence-corrected chi connectivity index (χ0v) is 17.9. The van der Waals surface area contributed by atoms with E-state index in [1.54, 1.807) is 18.2 Å². The second-order valence-electron chi connectivity index (χ2n) is 7.81. The molecule has 0 aliphatic carbocycles. The smallest absolute Gasteiger partial charge is 0.274 e. The SMILES string of the molecule is O=C(Cc1ccccc1)Nc1cc(C2CCCO2)nc(C(=O)NCc2ccc(F)cc2)c1O. The zero-order valence-electron chi connectivity index (χ0n) is 17.9. The van der Waals surface area contributed by atoms with Crippen molar-refractivity contribution in [2.24, 2.45) is 0 Å². The summed E-state index contributed by atoms with van der Waals surface area (Å²) in [5, 5.41) is 16.1. The molecule has 0 radical (unpaired) electrons. The Labute approximate surface area is 190 Å². The summed E-state index contributed by atoms with van der Waals surface area (Å²) < 4.78 is 18.8. The first kappa shape index (κ1) is 22.4. The molecule has 0 spiro atoms. The van der Waals surface area contributed by atoms with E-state index in [1.807, 2.05) is 30.3 Å². The number of aromatic nitrogens is 1. The molecular weight excluding hydrogens is 425 g/mol. The Balaban J connectivity index is 1.55. The molecule has 3 aromatic rings. The number of hydrogen-bond acceptors (Lipinski definition) is 5. The van der Waals surface area contributed by atoms with Crippen LogP contribution >= 0.6 is 0 Å². The van der Waals surface area contributed by atoms with Crippen LogP contribution < -0.4 is 10.6 Å². The van der Waals surface area contributed by atoms with Crippen molar-refractivity contribution in [2.75, 3.05) is 11.9 Å². The highest BCUT2D eigenvalue weighted by Gasteiger charge is 2.25. The highest BCUT2D eigenvalue weighted by molar-refractivity contribution is 6.00. The molecule has 8 heteroatoms. The van der Waals surface area contributed by atoms with Gasteiger partial charge >= 0.3 is 0 Å². The Morgan fingerprint density at radius 3 is 2.55 bits per heavy atom. The van der Waals surface area contributed by atoms with E-state index in [2.05, 4.69) is 15.6 Å². The number of benzene rings is 2. The van der Waals surface area contributed by atoms with E-state index < -0.39 is 11.7 Å². The lowest BCUT2D eigenvalue weighted by atomic mass is 10.1. The molecule has 1 unspecified atom stereocenters. The van der Waals surface area contributed by atoms with Crippen LogP contribution in [0.5, 0.6) is 5.75 Å². The van der Waals surface area contributed by atoms with Crippen LogP contribution in [0.15, 0.2) is 60.7 Å². The first-order valence-corrected chi connectivity index (χ1v) is 10.7. The van der Waals surface area contributed by atoms with Gasteiger partial charge < -0.3 is 20.5 Å². The molecule has 3 N–H and O–H groups in total. The summed E-state index contributed by atoms with van der Waals surface area (Å²) in [5.41, 5.74) is 1.87. The number of nitrogens with one attached hydrogen (secondary N) is 2. The van der Waals surface area contributed by atoms with Gasteiger partial charge in [-0.05, 0) is 42.2 Å². The van der Waals surface area contributed by atoms with Crippen molar-refractivity contribution in [3.05, 3.63) is 89.0 Å². The molecule has 2 heterocycles. The number of ether oxygens (including phenoxy) is 1. The fourth-order valence-corrected chi connectivity index (χ4v) is 3.63. The van der Waals surface area contributed by atoms with Crippen LogP contribution in [0.4, 0.5) is 10.1 Å². The molecule has 1 saturated heterocycles. The zero-order chi connectivity index (χ0) is 23.2. The number of carbonyl (C=O) groups is 2. The van der Waals surface area contributed by atoms with Gasteiger partial charge in [-0.3, -0.25) is 9.59 Å². The lowest BCUT2D eigenvalue weighted by Gasteiger charge is -2.16. The third-order valence-corrected chi connectivity index (χ3v) is 5.34. The van der Waals surface area contributed by atoms with Crippen LogP contribution in [0.3, 0.4) is 0 Å². The first-order valence-electron chi connectivity index (χ1n) is 10.7. The molecule has 2 amide bonds. The predicted molar refractivity (Wildman–Crippen MR) is 120 cm³/mol. The van der Waals surface area contributed by atoms with Crippen LogP contribution in [0.2, 0.25) is 0 Å². The van der Waals surface area contributed by atoms with Crippen LogP contribution in [-0.4, -0.2) is 28.5 Å². The van der Waals surface area contributed by atoms with Crippen LogP contribution in [0.1, 0.15) is 46.3 Å². The summed E-state index contributed by atoms with van der Waals surface area (Å²) >= 11 is 0. The second kappa shape index (κ2) is 10.2. The fraction of sp³-hybridized carbons (Fsp3) is 0.240. The van der Waals surface area contributed by atoms with Crippen molar-refractivity contribution >= 4 is 17.5 Å². The largest absolute Gasteiger partial charge is 0.504 e. The van der Waals surface area contributed by atoms with Crippen molar-refractivity contribution in [3.8, 4) is 5.75 Å². The number of carbonyl (C=O) groups excluding carboxylic acids is 2. The van der Waals surface area contributed by atoms with Crippen LogP contribution in [0, 0.1) is 5.82 Å². The Morgan fingerprint density at radius 1 is 1.09 bits per heavy atom. The van der Waals surface area contributed by atoms with Crippen molar-refractivity contribution in [1.82, 2.24) is 10.3 Å². The summed E-state index contributed by atoms with van der Waals surface area (Å²) in [7, 11) is 0. The standard InChI is InChI=1S/C25H24FN3O4/c26-18-10-8-17(9-11-18)15-27-25(32)23-24(31)20(14-19(29-23)21-7-4-12-33-21)28-22(30)13-16-5-2-1-3-6-16/h1-3,5-6,8-11,14,21,31H,4,7,12-13,15H2,(H,27,32)(H,28,29,30). The van der Waals surface area contributed by atoms with E-state index in [1.165, 1.54) is 12.1 Å². The average Bonchev–Trinajstić information content (AvgIpc) is 3.35. The Kier molecular flexibility index (Phi) is 6.95. The molecule has 1 aliphatic heterocycles. The molecule has 1 atom stereocenters. The number of halogens is 1. The first-order chi connectivity index (χ1) is 16.0. The van der Waals surface area contributed by atoms with Gasteiger partial charge in [0.25, 0.3) is 5.91 Å². The fourth-order valence-electron chi connectivity index (χ4n) is 3.63. The number of pyridine rings is 1. The summed E-state index contributed by atoms with van der Waals surface area (Å²) in [4.78, 5) is 29.8. The summed E-state index contributed by atoms with van der Waals surface area (Å²) in [6.45, 7) is 0.703. The van der Waals surface area contributed by atoms with Gasteiger partial charge in [-0.15, -0.1) is 0 Å². The molecule has 7 nitrogen and oxygen atoms in total. The normalized spacial score (nSPS) is 15.2. The van der Waals surface area contributed by atoms with E-state index in [9.17, 15) is 19.1 Å². The quantitative estimate of drug-likeness (QED) is 0.508. The topological polar surface area (TPSA) is 101 Å². The Bertz CT molecular complexity index is 1130. The van der Waals surface area contributed by atoms with Crippen LogP contribution in [-0.2, 0) is 22.5 Å². The Hall–Kier alpha value is -3.78. The van der Waals surface area contributed by atoms with Crippen molar-refractivity contribution in [3.63, 3.8) is 0 Å². The molecule has 170 valence electrons. The van der Waals surface area contributed by atoms with Gasteiger partial charge in [0.05, 0.1) is 23.9 Å². The number of hydrogen-bond donors (Lipinski definition) is 3. The number of anilines is 1. The maximum absolute atomic E-state index is 13.1. The van der Waals surface area contributed by atoms with E-state index in [0.717, 1.165) is 18.4 Å². The van der Waals surface area contributed by atoms with Gasteiger partial charge in [0.15, 0.2) is 11.4 Å². The maximum Gasteiger partial charge on any atom is 0.274 e. The van der Waals surface area contributed by atoms with Gasteiger partial charge in [0.1, 0.15) is 5.82 Å². The van der Waals surface area contributed by atoms with Gasteiger partial charge in [0, 0.05) is 13.2 Å². The summed E-state index contributed by atoms with van der Waals surface area (Å²) in [6, 6.07) is 16.5. The van der Waals surface area contributed by atoms with E-state index >= 15 is 0 Å². The lowest BCUT2D eigenvalue weighted by molar-refractivity contribution is -0.115.